The number of fused-ring (bicyclic) bond motifs is 1. The minimum atomic E-state index is -4.66. The van der Waals surface area contributed by atoms with Gasteiger partial charge in [0, 0.05) is 35.8 Å². The number of alkyl halides is 3. The number of nitrogens with zero attached hydrogens (tertiary/aromatic N) is 5. The van der Waals surface area contributed by atoms with Crippen molar-refractivity contribution in [3.8, 4) is 22.5 Å². The Bertz CT molecular complexity index is 1740. The van der Waals surface area contributed by atoms with Crippen molar-refractivity contribution in [1.82, 2.24) is 25.1 Å². The van der Waals surface area contributed by atoms with Gasteiger partial charge in [0.05, 0.1) is 25.3 Å². The van der Waals surface area contributed by atoms with Crippen molar-refractivity contribution in [1.29, 1.82) is 0 Å². The van der Waals surface area contributed by atoms with Crippen LogP contribution in [0.3, 0.4) is 0 Å². The molecule has 0 radical (unpaired) electrons. The molecule has 44 heavy (non-hydrogen) atoms. The number of nitrogens with one attached hydrogen (secondary N) is 1. The molecule has 2 aliphatic heterocycles. The normalized spacial score (nSPS) is 18.3. The standard InChI is InChI=1S/C32H30F4N6O2/c1-41-17-38-40-30(41)24-13-21(33)6-7-23(24)20-11-28(19-4-5-19)39-29(12-20)42-14-26-25(31(42)43)9-18(10-27(26)32(34,35)36)15-44-16-22-3-2-8-37-22/h6-7,9-13,17,19,22,37H,2-5,8,14-16H2,1H3/t22-/m0/s1. The maximum Gasteiger partial charge on any atom is 0.416 e. The van der Waals surface area contributed by atoms with Crippen molar-refractivity contribution >= 4 is 11.7 Å². The lowest BCUT2D eigenvalue weighted by Gasteiger charge is -2.19. The number of ether oxygens (including phenoxy) is 1. The van der Waals surface area contributed by atoms with Crippen molar-refractivity contribution in [2.75, 3.05) is 18.1 Å². The van der Waals surface area contributed by atoms with Crippen LogP contribution in [0.25, 0.3) is 22.5 Å². The third-order valence-electron chi connectivity index (χ3n) is 8.51. The van der Waals surface area contributed by atoms with Gasteiger partial charge in [-0.05, 0) is 90.9 Å². The molecule has 1 atom stereocenters. The molecule has 0 bridgehead atoms. The zero-order chi connectivity index (χ0) is 30.6. The smallest absolute Gasteiger partial charge is 0.375 e. The van der Waals surface area contributed by atoms with Gasteiger partial charge in [-0.3, -0.25) is 9.69 Å². The van der Waals surface area contributed by atoms with E-state index in [4.69, 9.17) is 9.72 Å². The summed E-state index contributed by atoms with van der Waals surface area (Å²) in [5.74, 6) is -0.131. The number of carbonyl (C=O) groups excluding carboxylic acids is 1. The molecule has 4 heterocycles. The van der Waals surface area contributed by atoms with E-state index in [9.17, 15) is 22.4 Å². The van der Waals surface area contributed by atoms with Crippen LogP contribution in [0.4, 0.5) is 23.4 Å². The molecule has 2 fully saturated rings. The number of aromatic nitrogens is 4. The van der Waals surface area contributed by atoms with Gasteiger partial charge in [0.2, 0.25) is 0 Å². The molecule has 228 valence electrons. The van der Waals surface area contributed by atoms with Crippen LogP contribution in [0.1, 0.15) is 64.3 Å². The molecule has 1 saturated carbocycles. The first-order valence-corrected chi connectivity index (χ1v) is 14.7. The summed E-state index contributed by atoms with van der Waals surface area (Å²) in [5, 5.41) is 11.4. The van der Waals surface area contributed by atoms with Crippen LogP contribution in [0.5, 0.6) is 0 Å². The van der Waals surface area contributed by atoms with Crippen molar-refractivity contribution in [2.24, 2.45) is 7.05 Å². The average Bonchev–Trinajstić information content (AvgIpc) is 3.38. The lowest BCUT2D eigenvalue weighted by atomic mass is 9.98. The highest BCUT2D eigenvalue weighted by molar-refractivity contribution is 6.10. The second-order valence-corrected chi connectivity index (χ2v) is 11.7. The number of rotatable bonds is 8. The van der Waals surface area contributed by atoms with E-state index in [0.29, 0.717) is 34.7 Å². The molecular formula is C32H30F4N6O2. The first-order valence-electron chi connectivity index (χ1n) is 14.7. The van der Waals surface area contributed by atoms with Gasteiger partial charge in [-0.25, -0.2) is 9.37 Å². The predicted molar refractivity (Wildman–Crippen MR) is 154 cm³/mol. The fourth-order valence-corrected chi connectivity index (χ4v) is 6.11. The summed E-state index contributed by atoms with van der Waals surface area (Å²) in [6.07, 6.45) is 0.690. The number of aryl methyl sites for hydroxylation is 1. The minimum absolute atomic E-state index is 0.000790. The molecule has 4 aromatic rings. The van der Waals surface area contributed by atoms with Gasteiger partial charge in [0.25, 0.3) is 5.91 Å². The molecule has 12 heteroatoms. The van der Waals surface area contributed by atoms with E-state index in [1.807, 2.05) is 6.07 Å². The molecule has 2 aromatic heterocycles. The molecule has 8 nitrogen and oxygen atoms in total. The first-order chi connectivity index (χ1) is 21.2. The maximum absolute atomic E-state index is 14.4. The van der Waals surface area contributed by atoms with Gasteiger partial charge in [0.15, 0.2) is 5.82 Å². The Morgan fingerprint density at radius 1 is 1.05 bits per heavy atom. The summed E-state index contributed by atoms with van der Waals surface area (Å²) in [7, 11) is 1.75. The van der Waals surface area contributed by atoms with E-state index in [0.717, 1.165) is 44.0 Å². The van der Waals surface area contributed by atoms with Crippen LogP contribution in [0.2, 0.25) is 0 Å². The number of benzene rings is 2. The average molecular weight is 607 g/mol. The van der Waals surface area contributed by atoms with Gasteiger partial charge in [-0.1, -0.05) is 6.07 Å². The molecular weight excluding hydrogens is 576 g/mol. The summed E-state index contributed by atoms with van der Waals surface area (Å²) < 4.78 is 64.8. The fourth-order valence-electron chi connectivity index (χ4n) is 6.11. The molecule has 7 rings (SSSR count). The first kappa shape index (κ1) is 28.6. The Hall–Kier alpha value is -4.16. The van der Waals surface area contributed by atoms with E-state index in [1.165, 1.54) is 29.4 Å². The number of pyridine rings is 1. The number of carbonyl (C=O) groups is 1. The predicted octanol–water partition coefficient (Wildman–Crippen LogP) is 6.01. The van der Waals surface area contributed by atoms with Crippen LogP contribution >= 0.6 is 0 Å². The molecule has 1 amide bonds. The van der Waals surface area contributed by atoms with Crippen LogP contribution in [0.15, 0.2) is 48.8 Å². The lowest BCUT2D eigenvalue weighted by molar-refractivity contribution is -0.138. The number of hydrogen-bond donors (Lipinski definition) is 1. The van der Waals surface area contributed by atoms with Crippen LogP contribution in [-0.4, -0.2) is 44.8 Å². The van der Waals surface area contributed by atoms with Gasteiger partial charge >= 0.3 is 6.18 Å². The van der Waals surface area contributed by atoms with Crippen molar-refractivity contribution in [3.05, 3.63) is 82.6 Å². The van der Waals surface area contributed by atoms with E-state index < -0.39 is 23.5 Å². The summed E-state index contributed by atoms with van der Waals surface area (Å²) in [6.45, 7) is 0.988. The van der Waals surface area contributed by atoms with Crippen LogP contribution in [-0.2, 0) is 31.1 Å². The minimum Gasteiger partial charge on any atom is -0.375 e. The van der Waals surface area contributed by atoms with Gasteiger partial charge in [-0.15, -0.1) is 10.2 Å². The van der Waals surface area contributed by atoms with Crippen LogP contribution < -0.4 is 10.2 Å². The molecule has 1 aliphatic carbocycles. The highest BCUT2D eigenvalue weighted by Gasteiger charge is 2.41. The second kappa shape index (κ2) is 11.1. The van der Waals surface area contributed by atoms with E-state index in [-0.39, 0.29) is 42.1 Å². The second-order valence-electron chi connectivity index (χ2n) is 11.7. The van der Waals surface area contributed by atoms with E-state index in [2.05, 4.69) is 15.5 Å². The van der Waals surface area contributed by atoms with Crippen molar-refractivity contribution in [2.45, 2.75) is 57.0 Å². The summed E-state index contributed by atoms with van der Waals surface area (Å²) in [4.78, 5) is 19.9. The number of anilines is 1. The monoisotopic (exact) mass is 606 g/mol. The van der Waals surface area contributed by atoms with E-state index >= 15 is 0 Å². The molecule has 0 spiro atoms. The summed E-state index contributed by atoms with van der Waals surface area (Å²) >= 11 is 0. The zero-order valence-electron chi connectivity index (χ0n) is 24.0. The summed E-state index contributed by atoms with van der Waals surface area (Å²) in [5.41, 5.74) is 1.91. The SMILES string of the molecule is Cn1cnnc1-c1cc(F)ccc1-c1cc(C2CC2)nc(N2Cc3c(cc(COC[C@@H]4CCCN4)cc3C(F)(F)F)C2=O)c1. The van der Waals surface area contributed by atoms with Gasteiger partial charge in [-0.2, -0.15) is 13.2 Å². The molecule has 2 aromatic carbocycles. The number of hydrogen-bond acceptors (Lipinski definition) is 6. The Balaban J connectivity index is 1.26. The van der Waals surface area contributed by atoms with E-state index in [1.54, 1.807) is 23.7 Å². The number of amides is 1. The molecule has 1 N–H and O–H groups in total. The number of halogens is 4. The third-order valence-corrected chi connectivity index (χ3v) is 8.51. The molecule has 0 unspecified atom stereocenters. The highest BCUT2D eigenvalue weighted by Crippen LogP contribution is 2.44. The lowest BCUT2D eigenvalue weighted by Crippen LogP contribution is -2.26. The molecule has 1 saturated heterocycles. The Kier molecular flexibility index (Phi) is 7.20. The Morgan fingerprint density at radius 2 is 1.89 bits per heavy atom. The third kappa shape index (κ3) is 5.48. The topological polar surface area (TPSA) is 85.2 Å². The van der Waals surface area contributed by atoms with Gasteiger partial charge < -0.3 is 14.6 Å². The summed E-state index contributed by atoms with van der Waals surface area (Å²) in [6, 6.07) is 10.7. The highest BCUT2D eigenvalue weighted by atomic mass is 19.4. The Labute approximate surface area is 251 Å². The maximum atomic E-state index is 14.4. The van der Waals surface area contributed by atoms with Crippen molar-refractivity contribution in [3.63, 3.8) is 0 Å². The van der Waals surface area contributed by atoms with Crippen LogP contribution in [0, 0.1) is 5.82 Å². The fraction of sp³-hybridized carbons (Fsp3) is 0.375. The quantitative estimate of drug-likeness (QED) is 0.248. The van der Waals surface area contributed by atoms with Gasteiger partial charge in [0.1, 0.15) is 18.0 Å². The molecule has 3 aliphatic rings. The zero-order valence-corrected chi connectivity index (χ0v) is 24.0. The van der Waals surface area contributed by atoms with Crippen molar-refractivity contribution < 1.29 is 27.1 Å². The Morgan fingerprint density at radius 3 is 2.59 bits per heavy atom. The largest absolute Gasteiger partial charge is 0.416 e.